The number of phenolic OH excluding ortho intramolecular Hbond substituents is 1. The lowest BCUT2D eigenvalue weighted by molar-refractivity contribution is 0.0995. The number of anilines is 1. The molecule has 37 heavy (non-hydrogen) atoms. The average molecular weight is 500 g/mol. The van der Waals surface area contributed by atoms with Gasteiger partial charge < -0.3 is 21.1 Å². The molecule has 0 aliphatic carbocycles. The number of rotatable bonds is 3. The van der Waals surface area contributed by atoms with Crippen molar-refractivity contribution in [1.29, 1.82) is 0 Å². The standard InChI is InChI=1S/C28H23F2N5O2/c1-3-18-21(29)7-4-14-8-17(36)9-19(23(14)18)26-24(30)22-13(2)25(27(31)37)34-28(20(22)10-32-26)35-11-15-5-6-16(12-35)33-15/h1,4,7-10,15-16,33,36H,5-6,11-12H2,2H3,(H2,31,37). The van der Waals surface area contributed by atoms with Crippen molar-refractivity contribution in [2.45, 2.75) is 31.8 Å². The molecule has 0 radical (unpaired) electrons. The Morgan fingerprint density at radius 3 is 2.62 bits per heavy atom. The number of benzene rings is 2. The number of hydrogen-bond donors (Lipinski definition) is 3. The van der Waals surface area contributed by atoms with E-state index in [1.165, 1.54) is 30.5 Å². The summed E-state index contributed by atoms with van der Waals surface area (Å²) in [6.45, 7) is 2.90. The first-order valence-electron chi connectivity index (χ1n) is 12.0. The Hall–Kier alpha value is -4.29. The van der Waals surface area contributed by atoms with E-state index in [2.05, 4.69) is 21.2 Å². The van der Waals surface area contributed by atoms with Gasteiger partial charge in [0.05, 0.1) is 5.56 Å². The van der Waals surface area contributed by atoms with Gasteiger partial charge in [0.15, 0.2) is 5.82 Å². The van der Waals surface area contributed by atoms with E-state index in [-0.39, 0.29) is 56.7 Å². The highest BCUT2D eigenvalue weighted by Gasteiger charge is 2.34. The zero-order valence-corrected chi connectivity index (χ0v) is 20.0. The third kappa shape index (κ3) is 3.56. The molecule has 2 atom stereocenters. The largest absolute Gasteiger partial charge is 0.508 e. The molecular formula is C28H23F2N5O2. The number of piperazine rings is 1. The number of nitrogens with two attached hydrogens (primary N) is 1. The molecule has 186 valence electrons. The maximum atomic E-state index is 16.5. The van der Waals surface area contributed by atoms with E-state index < -0.39 is 17.5 Å². The van der Waals surface area contributed by atoms with Crippen LogP contribution in [0.2, 0.25) is 0 Å². The topological polar surface area (TPSA) is 104 Å². The summed E-state index contributed by atoms with van der Waals surface area (Å²) in [5.41, 5.74) is 5.85. The molecule has 6 rings (SSSR count). The first kappa shape index (κ1) is 23.1. The van der Waals surface area contributed by atoms with Crippen molar-refractivity contribution in [3.8, 4) is 29.4 Å². The fraction of sp³-hybridized carbons (Fsp3) is 0.250. The number of aromatic nitrogens is 2. The molecule has 4 aromatic rings. The summed E-state index contributed by atoms with van der Waals surface area (Å²) in [5, 5.41) is 15.2. The number of terminal acetylenes is 1. The van der Waals surface area contributed by atoms with E-state index in [0.717, 1.165) is 12.8 Å². The second kappa shape index (κ2) is 8.39. The molecule has 4 heterocycles. The van der Waals surface area contributed by atoms with E-state index in [4.69, 9.17) is 12.2 Å². The van der Waals surface area contributed by atoms with Gasteiger partial charge in [-0.1, -0.05) is 12.0 Å². The minimum atomic E-state index is -0.768. The lowest BCUT2D eigenvalue weighted by Gasteiger charge is -2.34. The van der Waals surface area contributed by atoms with Crippen LogP contribution in [0.4, 0.5) is 14.6 Å². The Kier molecular flexibility index (Phi) is 5.24. The Morgan fingerprint density at radius 1 is 1.22 bits per heavy atom. The first-order valence-corrected chi connectivity index (χ1v) is 12.0. The molecule has 4 N–H and O–H groups in total. The van der Waals surface area contributed by atoms with Crippen LogP contribution in [-0.4, -0.2) is 46.2 Å². The van der Waals surface area contributed by atoms with Crippen LogP contribution >= 0.6 is 0 Å². The molecule has 9 heteroatoms. The van der Waals surface area contributed by atoms with E-state index in [1.807, 2.05) is 4.90 Å². The second-order valence-corrected chi connectivity index (χ2v) is 9.68. The second-order valence-electron chi connectivity index (χ2n) is 9.68. The predicted octanol–water partition coefficient (Wildman–Crippen LogP) is 3.76. The van der Waals surface area contributed by atoms with E-state index >= 15 is 4.39 Å². The van der Waals surface area contributed by atoms with Gasteiger partial charge >= 0.3 is 0 Å². The molecule has 0 spiro atoms. The number of nitrogens with one attached hydrogen (secondary N) is 1. The maximum absolute atomic E-state index is 16.5. The third-order valence-corrected chi connectivity index (χ3v) is 7.41. The van der Waals surface area contributed by atoms with Crippen LogP contribution in [-0.2, 0) is 0 Å². The SMILES string of the molecule is C#Cc1c(F)ccc2cc(O)cc(-c3ncc4c(N5CC6CCC(C5)N6)nc(C(N)=O)c(C)c4c3F)c12. The molecule has 2 aliphatic rings. The number of hydrogen-bond acceptors (Lipinski definition) is 6. The quantitative estimate of drug-likeness (QED) is 0.371. The number of aromatic hydroxyl groups is 1. The van der Waals surface area contributed by atoms with Gasteiger partial charge in [-0.05, 0) is 48.9 Å². The number of nitrogens with zero attached hydrogens (tertiary/aromatic N) is 3. The van der Waals surface area contributed by atoms with Gasteiger partial charge in [-0.2, -0.15) is 0 Å². The zero-order chi connectivity index (χ0) is 26.0. The Bertz CT molecular complexity index is 1670. The van der Waals surface area contributed by atoms with Crippen LogP contribution in [0.15, 0.2) is 30.5 Å². The predicted molar refractivity (Wildman–Crippen MR) is 137 cm³/mol. The van der Waals surface area contributed by atoms with Crippen LogP contribution in [0, 0.1) is 30.9 Å². The third-order valence-electron chi connectivity index (χ3n) is 7.41. The summed E-state index contributed by atoms with van der Waals surface area (Å²) < 4.78 is 31.1. The number of pyridine rings is 2. The van der Waals surface area contributed by atoms with Gasteiger partial charge in [0.1, 0.15) is 28.8 Å². The lowest BCUT2D eigenvalue weighted by Crippen LogP contribution is -2.51. The number of halogens is 2. The number of phenols is 1. The Morgan fingerprint density at radius 2 is 1.95 bits per heavy atom. The summed E-state index contributed by atoms with van der Waals surface area (Å²) in [5.74, 6) is 0.480. The number of fused-ring (bicyclic) bond motifs is 4. The van der Waals surface area contributed by atoms with Crippen molar-refractivity contribution in [2.24, 2.45) is 5.73 Å². The number of primary amides is 1. The fourth-order valence-corrected chi connectivity index (χ4v) is 5.78. The average Bonchev–Trinajstić information content (AvgIpc) is 3.21. The smallest absolute Gasteiger partial charge is 0.267 e. The van der Waals surface area contributed by atoms with Crippen molar-refractivity contribution < 1.29 is 18.7 Å². The van der Waals surface area contributed by atoms with Gasteiger partial charge in [0.25, 0.3) is 5.91 Å². The minimum Gasteiger partial charge on any atom is -0.508 e. The summed E-state index contributed by atoms with van der Waals surface area (Å²) in [4.78, 5) is 23.4. The summed E-state index contributed by atoms with van der Waals surface area (Å²) in [6.07, 6.45) is 9.16. The number of aryl methyl sites for hydroxylation is 1. The van der Waals surface area contributed by atoms with Crippen molar-refractivity contribution in [2.75, 3.05) is 18.0 Å². The van der Waals surface area contributed by atoms with E-state index in [1.54, 1.807) is 6.92 Å². The molecule has 2 aromatic heterocycles. The normalized spacial score (nSPS) is 18.9. The highest BCUT2D eigenvalue weighted by Crippen LogP contribution is 2.40. The lowest BCUT2D eigenvalue weighted by atomic mass is 9.94. The Balaban J connectivity index is 1.65. The molecular weight excluding hydrogens is 476 g/mol. The summed E-state index contributed by atoms with van der Waals surface area (Å²) >= 11 is 0. The van der Waals surface area contributed by atoms with Crippen molar-refractivity contribution in [3.05, 3.63) is 58.9 Å². The minimum absolute atomic E-state index is 0.0273. The molecule has 2 unspecified atom stereocenters. The van der Waals surface area contributed by atoms with Gasteiger partial charge in [-0.3, -0.25) is 9.78 Å². The van der Waals surface area contributed by atoms with E-state index in [0.29, 0.717) is 29.7 Å². The monoisotopic (exact) mass is 499 g/mol. The zero-order valence-electron chi connectivity index (χ0n) is 20.0. The van der Waals surface area contributed by atoms with Gasteiger partial charge in [-0.15, -0.1) is 6.42 Å². The molecule has 2 bridgehead atoms. The highest BCUT2D eigenvalue weighted by molar-refractivity contribution is 6.06. The number of carbonyl (C=O) groups is 1. The summed E-state index contributed by atoms with van der Waals surface area (Å²) in [7, 11) is 0. The number of amides is 1. The molecule has 2 aromatic carbocycles. The van der Waals surface area contributed by atoms with Crippen LogP contribution in [0.25, 0.3) is 32.8 Å². The van der Waals surface area contributed by atoms with Gasteiger partial charge in [0, 0.05) is 53.1 Å². The Labute approximate surface area is 211 Å². The molecule has 2 aliphatic heterocycles. The van der Waals surface area contributed by atoms with Crippen LogP contribution in [0.3, 0.4) is 0 Å². The molecule has 2 fully saturated rings. The van der Waals surface area contributed by atoms with Crippen LogP contribution in [0.1, 0.15) is 34.5 Å². The number of carbonyl (C=O) groups excluding carboxylic acids is 1. The molecule has 0 saturated carbocycles. The van der Waals surface area contributed by atoms with Crippen LogP contribution < -0.4 is 16.0 Å². The fourth-order valence-electron chi connectivity index (χ4n) is 5.78. The van der Waals surface area contributed by atoms with Crippen molar-refractivity contribution >= 4 is 33.3 Å². The maximum Gasteiger partial charge on any atom is 0.267 e. The van der Waals surface area contributed by atoms with Crippen LogP contribution in [0.5, 0.6) is 5.75 Å². The highest BCUT2D eigenvalue weighted by atomic mass is 19.1. The molecule has 7 nitrogen and oxygen atoms in total. The van der Waals surface area contributed by atoms with Crippen molar-refractivity contribution in [3.63, 3.8) is 0 Å². The first-order chi connectivity index (χ1) is 17.8. The van der Waals surface area contributed by atoms with Gasteiger partial charge in [0.2, 0.25) is 0 Å². The molecule has 1 amide bonds. The molecule has 2 saturated heterocycles. The summed E-state index contributed by atoms with van der Waals surface area (Å²) in [6, 6.07) is 5.95. The van der Waals surface area contributed by atoms with Gasteiger partial charge in [-0.25, -0.2) is 13.8 Å². The van der Waals surface area contributed by atoms with E-state index in [9.17, 15) is 14.3 Å². The van der Waals surface area contributed by atoms with Crippen molar-refractivity contribution in [1.82, 2.24) is 15.3 Å².